The first-order valence-corrected chi connectivity index (χ1v) is 6.75. The maximum Gasteiger partial charge on any atom is 0.0588 e. The van der Waals surface area contributed by atoms with E-state index in [1.165, 1.54) is 17.7 Å². The quantitative estimate of drug-likeness (QED) is 0.865. The van der Waals surface area contributed by atoms with Crippen LogP contribution in [0.2, 0.25) is 0 Å². The lowest BCUT2D eigenvalue weighted by molar-refractivity contribution is 0.105. The molecule has 1 aliphatic heterocycles. The Labute approximate surface area is 110 Å². The molecule has 1 aromatic carbocycles. The normalized spacial score (nSPS) is 23.3. The summed E-state index contributed by atoms with van der Waals surface area (Å²) in [5.41, 5.74) is 2.59. The van der Waals surface area contributed by atoms with Gasteiger partial charge >= 0.3 is 0 Å². The van der Waals surface area contributed by atoms with Crippen molar-refractivity contribution in [2.24, 2.45) is 5.92 Å². The second kappa shape index (κ2) is 6.21. The molecule has 1 saturated heterocycles. The maximum atomic E-state index is 5.56. The summed E-state index contributed by atoms with van der Waals surface area (Å²) in [6, 6.07) is 8.71. The number of nitrogens with zero attached hydrogens (tertiary/aromatic N) is 1. The fourth-order valence-electron chi connectivity index (χ4n) is 2.36. The van der Waals surface area contributed by atoms with Gasteiger partial charge in [0, 0.05) is 39.5 Å². The highest BCUT2D eigenvalue weighted by atomic mass is 16.5. The first kappa shape index (κ1) is 13.4. The highest BCUT2D eigenvalue weighted by molar-refractivity contribution is 5.45. The van der Waals surface area contributed by atoms with Gasteiger partial charge in [-0.05, 0) is 37.0 Å². The molecule has 100 valence electrons. The zero-order valence-electron chi connectivity index (χ0n) is 11.6. The fourth-order valence-corrected chi connectivity index (χ4v) is 2.36. The predicted molar refractivity (Wildman–Crippen MR) is 76.0 cm³/mol. The highest BCUT2D eigenvalue weighted by Crippen LogP contribution is 2.19. The van der Waals surface area contributed by atoms with E-state index in [4.69, 9.17) is 4.74 Å². The Kier molecular flexibility index (Phi) is 4.61. The highest BCUT2D eigenvalue weighted by Gasteiger charge is 2.23. The number of ether oxygens (including phenoxy) is 1. The molecule has 0 saturated carbocycles. The average Bonchev–Trinajstić information content (AvgIpc) is 2.76. The van der Waals surface area contributed by atoms with Gasteiger partial charge in [-0.15, -0.1) is 0 Å². The van der Waals surface area contributed by atoms with Gasteiger partial charge in [-0.2, -0.15) is 0 Å². The molecule has 1 N–H and O–H groups in total. The van der Waals surface area contributed by atoms with E-state index in [9.17, 15) is 0 Å². The number of hydrogen-bond donors (Lipinski definition) is 1. The lowest BCUT2D eigenvalue weighted by Gasteiger charge is -2.15. The number of rotatable bonds is 5. The molecule has 2 rings (SSSR count). The lowest BCUT2D eigenvalue weighted by Crippen LogP contribution is -2.26. The molecule has 1 heterocycles. The van der Waals surface area contributed by atoms with Crippen LogP contribution in [0, 0.1) is 5.92 Å². The molecule has 3 nitrogen and oxygen atoms in total. The molecule has 1 fully saturated rings. The van der Waals surface area contributed by atoms with Gasteiger partial charge < -0.3 is 15.0 Å². The maximum absolute atomic E-state index is 5.56. The van der Waals surface area contributed by atoms with Crippen LogP contribution >= 0.6 is 0 Å². The minimum atomic E-state index is 0.411. The van der Waals surface area contributed by atoms with Gasteiger partial charge in [0.1, 0.15) is 0 Å². The number of anilines is 1. The molecule has 2 atom stereocenters. The van der Waals surface area contributed by atoms with Crippen molar-refractivity contribution >= 4 is 5.69 Å². The van der Waals surface area contributed by atoms with E-state index in [1.807, 2.05) is 0 Å². The van der Waals surface area contributed by atoms with Crippen LogP contribution in [0.25, 0.3) is 0 Å². The van der Waals surface area contributed by atoms with Crippen molar-refractivity contribution in [1.82, 2.24) is 5.32 Å². The van der Waals surface area contributed by atoms with Crippen LogP contribution < -0.4 is 10.2 Å². The zero-order chi connectivity index (χ0) is 13.0. The Morgan fingerprint density at radius 2 is 2.00 bits per heavy atom. The predicted octanol–water partition coefficient (Wildman–Crippen LogP) is 2.27. The third-order valence-corrected chi connectivity index (χ3v) is 3.72. The minimum Gasteiger partial charge on any atom is -0.378 e. The summed E-state index contributed by atoms with van der Waals surface area (Å²) in [7, 11) is 4.13. The Bertz CT molecular complexity index is 361. The van der Waals surface area contributed by atoms with Crippen molar-refractivity contribution in [2.75, 3.05) is 32.1 Å². The SMILES string of the molecule is CC1OCCC1CNCc1ccc(N(C)C)cc1. The Balaban J connectivity index is 1.76. The van der Waals surface area contributed by atoms with Crippen LogP contribution in [0.5, 0.6) is 0 Å². The summed E-state index contributed by atoms with van der Waals surface area (Å²) in [6.07, 6.45) is 1.60. The summed E-state index contributed by atoms with van der Waals surface area (Å²) < 4.78 is 5.56. The Morgan fingerprint density at radius 3 is 2.56 bits per heavy atom. The molecule has 0 radical (unpaired) electrons. The number of nitrogens with one attached hydrogen (secondary N) is 1. The molecule has 0 bridgehead atoms. The van der Waals surface area contributed by atoms with Crippen molar-refractivity contribution in [3.05, 3.63) is 29.8 Å². The number of hydrogen-bond acceptors (Lipinski definition) is 3. The topological polar surface area (TPSA) is 24.5 Å². The van der Waals surface area contributed by atoms with Crippen LogP contribution in [0.1, 0.15) is 18.9 Å². The molecule has 18 heavy (non-hydrogen) atoms. The molecule has 0 aliphatic carbocycles. The van der Waals surface area contributed by atoms with Crippen molar-refractivity contribution < 1.29 is 4.74 Å². The van der Waals surface area contributed by atoms with Gasteiger partial charge in [-0.1, -0.05) is 12.1 Å². The van der Waals surface area contributed by atoms with Crippen LogP contribution in [0.3, 0.4) is 0 Å². The van der Waals surface area contributed by atoms with E-state index in [-0.39, 0.29) is 0 Å². The third-order valence-electron chi connectivity index (χ3n) is 3.72. The third kappa shape index (κ3) is 3.47. The molecule has 1 aliphatic rings. The van der Waals surface area contributed by atoms with Crippen molar-refractivity contribution in [3.63, 3.8) is 0 Å². The van der Waals surface area contributed by atoms with Crippen LogP contribution in [0.15, 0.2) is 24.3 Å². The molecule has 0 aromatic heterocycles. The summed E-state index contributed by atoms with van der Waals surface area (Å²) in [5, 5.41) is 3.53. The van der Waals surface area contributed by atoms with Crippen molar-refractivity contribution in [1.29, 1.82) is 0 Å². The minimum absolute atomic E-state index is 0.411. The van der Waals surface area contributed by atoms with Gasteiger partial charge in [-0.25, -0.2) is 0 Å². The molecule has 0 spiro atoms. The Hall–Kier alpha value is -1.06. The average molecular weight is 248 g/mol. The standard InChI is InChI=1S/C15H24N2O/c1-12-14(8-9-18-12)11-16-10-13-4-6-15(7-5-13)17(2)3/h4-7,12,14,16H,8-11H2,1-3H3. The van der Waals surface area contributed by atoms with E-state index in [2.05, 4.69) is 55.5 Å². The van der Waals surface area contributed by atoms with Crippen molar-refractivity contribution in [2.45, 2.75) is 26.0 Å². The molecule has 0 amide bonds. The molecule has 1 aromatic rings. The Morgan fingerprint density at radius 1 is 1.28 bits per heavy atom. The van der Waals surface area contributed by atoms with Gasteiger partial charge in [0.15, 0.2) is 0 Å². The van der Waals surface area contributed by atoms with Gasteiger partial charge in [-0.3, -0.25) is 0 Å². The summed E-state index contributed by atoms with van der Waals surface area (Å²) in [6.45, 7) is 5.09. The van der Waals surface area contributed by atoms with E-state index >= 15 is 0 Å². The summed E-state index contributed by atoms with van der Waals surface area (Å²) in [4.78, 5) is 2.12. The van der Waals surface area contributed by atoms with Crippen LogP contribution in [0.4, 0.5) is 5.69 Å². The molecule has 2 unspecified atom stereocenters. The summed E-state index contributed by atoms with van der Waals surface area (Å²) in [5.74, 6) is 0.672. The second-order valence-corrected chi connectivity index (χ2v) is 5.32. The van der Waals surface area contributed by atoms with E-state index in [1.54, 1.807) is 0 Å². The zero-order valence-corrected chi connectivity index (χ0v) is 11.6. The van der Waals surface area contributed by atoms with Gasteiger partial charge in [0.05, 0.1) is 6.10 Å². The van der Waals surface area contributed by atoms with Gasteiger partial charge in [0.2, 0.25) is 0 Å². The molecule has 3 heteroatoms. The first-order valence-electron chi connectivity index (χ1n) is 6.75. The van der Waals surface area contributed by atoms with E-state index in [0.717, 1.165) is 19.7 Å². The monoisotopic (exact) mass is 248 g/mol. The lowest BCUT2D eigenvalue weighted by atomic mass is 10.0. The van der Waals surface area contributed by atoms with E-state index in [0.29, 0.717) is 12.0 Å². The first-order chi connectivity index (χ1) is 8.66. The molecular weight excluding hydrogens is 224 g/mol. The van der Waals surface area contributed by atoms with Crippen LogP contribution in [-0.4, -0.2) is 33.4 Å². The second-order valence-electron chi connectivity index (χ2n) is 5.32. The van der Waals surface area contributed by atoms with Crippen molar-refractivity contribution in [3.8, 4) is 0 Å². The van der Waals surface area contributed by atoms with Gasteiger partial charge in [0.25, 0.3) is 0 Å². The largest absolute Gasteiger partial charge is 0.378 e. The number of benzene rings is 1. The summed E-state index contributed by atoms with van der Waals surface area (Å²) >= 11 is 0. The smallest absolute Gasteiger partial charge is 0.0588 e. The van der Waals surface area contributed by atoms with Crippen LogP contribution in [-0.2, 0) is 11.3 Å². The van der Waals surface area contributed by atoms with E-state index < -0.39 is 0 Å². The molecular formula is C15H24N2O. The fraction of sp³-hybridized carbons (Fsp3) is 0.600.